The van der Waals surface area contributed by atoms with Gasteiger partial charge in [0, 0.05) is 0 Å². The van der Waals surface area contributed by atoms with Crippen LogP contribution in [0.5, 0.6) is 0 Å². The van der Waals surface area contributed by atoms with Gasteiger partial charge in [0.1, 0.15) is 0 Å². The maximum Gasteiger partial charge on any atom is 0.309 e. The van der Waals surface area contributed by atoms with E-state index in [1.54, 1.807) is 6.07 Å². The minimum Gasteiger partial charge on any atom is -0.469 e. The number of hydrogen-bond donors (Lipinski definition) is 1. The van der Waals surface area contributed by atoms with Crippen LogP contribution >= 0.6 is 11.6 Å². The van der Waals surface area contributed by atoms with Crippen LogP contribution in [0.1, 0.15) is 19.4 Å². The largest absolute Gasteiger partial charge is 0.469 e. The van der Waals surface area contributed by atoms with E-state index >= 15 is 0 Å². The predicted octanol–water partition coefficient (Wildman–Crippen LogP) is 4.33. The molecule has 4 heteroatoms. The third-order valence-electron chi connectivity index (χ3n) is 2.86. The number of benzene rings is 2. The van der Waals surface area contributed by atoms with Gasteiger partial charge in [0.05, 0.1) is 24.2 Å². The van der Waals surface area contributed by atoms with Crippen molar-refractivity contribution in [3.05, 3.63) is 53.1 Å². The van der Waals surface area contributed by atoms with E-state index in [2.05, 4.69) is 4.74 Å². The molecule has 0 aromatic heterocycles. The maximum absolute atomic E-state index is 11.2. The minimum atomic E-state index is -0.247. The van der Waals surface area contributed by atoms with Gasteiger partial charge < -0.3 is 10.5 Å². The van der Waals surface area contributed by atoms with Gasteiger partial charge in [-0.05, 0) is 28.8 Å². The van der Waals surface area contributed by atoms with Gasteiger partial charge in [-0.3, -0.25) is 4.79 Å². The Morgan fingerprint density at radius 2 is 1.67 bits per heavy atom. The molecule has 0 saturated carbocycles. The van der Waals surface area contributed by atoms with Crippen LogP contribution in [0.4, 0.5) is 5.69 Å². The molecule has 0 radical (unpaired) electrons. The molecule has 0 unspecified atom stereocenters. The summed E-state index contributed by atoms with van der Waals surface area (Å²) in [5.41, 5.74) is 9.17. The molecule has 0 heterocycles. The smallest absolute Gasteiger partial charge is 0.309 e. The minimum absolute atomic E-state index is 0.247. The molecule has 21 heavy (non-hydrogen) atoms. The van der Waals surface area contributed by atoms with Crippen molar-refractivity contribution < 1.29 is 9.53 Å². The number of nitrogens with two attached hydrogens (primary N) is 1. The lowest BCUT2D eigenvalue weighted by molar-refractivity contribution is -0.139. The zero-order chi connectivity index (χ0) is 15.8. The van der Waals surface area contributed by atoms with Gasteiger partial charge in [-0.2, -0.15) is 0 Å². The third kappa shape index (κ3) is 4.80. The monoisotopic (exact) mass is 305 g/mol. The second-order valence-corrected chi connectivity index (χ2v) is 4.59. The van der Waals surface area contributed by atoms with Gasteiger partial charge in [-0.15, -0.1) is 0 Å². The molecule has 0 bridgehead atoms. The number of carbonyl (C=O) groups excluding carboxylic acids is 1. The van der Waals surface area contributed by atoms with Gasteiger partial charge in [-0.25, -0.2) is 0 Å². The molecule has 0 aliphatic rings. The lowest BCUT2D eigenvalue weighted by atomic mass is 10.0. The summed E-state index contributed by atoms with van der Waals surface area (Å²) >= 11 is 6.00. The molecule has 2 aromatic carbocycles. The Balaban J connectivity index is 0.00000106. The quantitative estimate of drug-likeness (QED) is 0.678. The van der Waals surface area contributed by atoms with Crippen LogP contribution in [0.2, 0.25) is 5.02 Å². The summed E-state index contributed by atoms with van der Waals surface area (Å²) in [6, 6.07) is 13.2. The summed E-state index contributed by atoms with van der Waals surface area (Å²) in [7, 11) is 1.38. The van der Waals surface area contributed by atoms with Crippen molar-refractivity contribution >= 4 is 23.3 Å². The number of hydrogen-bond acceptors (Lipinski definition) is 3. The molecule has 0 amide bonds. The summed E-state index contributed by atoms with van der Waals surface area (Å²) in [6.07, 6.45) is 0.277. The fourth-order valence-corrected chi connectivity index (χ4v) is 1.94. The van der Waals surface area contributed by atoms with Crippen LogP contribution in [0.3, 0.4) is 0 Å². The van der Waals surface area contributed by atoms with E-state index in [-0.39, 0.29) is 12.4 Å². The van der Waals surface area contributed by atoms with Gasteiger partial charge in [0.15, 0.2) is 0 Å². The molecular formula is C17H20ClNO2. The average molecular weight is 306 g/mol. The highest BCUT2D eigenvalue weighted by atomic mass is 35.5. The van der Waals surface area contributed by atoms with Gasteiger partial charge >= 0.3 is 5.97 Å². The molecule has 2 N–H and O–H groups in total. The normalized spacial score (nSPS) is 9.52. The Kier molecular flexibility index (Phi) is 6.76. The van der Waals surface area contributed by atoms with E-state index in [4.69, 9.17) is 17.3 Å². The van der Waals surface area contributed by atoms with Gasteiger partial charge in [0.25, 0.3) is 0 Å². The van der Waals surface area contributed by atoms with Crippen molar-refractivity contribution in [1.29, 1.82) is 0 Å². The maximum atomic E-state index is 11.2. The molecule has 0 aliphatic heterocycles. The number of halogens is 1. The highest BCUT2D eigenvalue weighted by molar-refractivity contribution is 6.33. The fourth-order valence-electron chi connectivity index (χ4n) is 1.76. The Hall–Kier alpha value is -2.00. The van der Waals surface area contributed by atoms with Crippen LogP contribution in [-0.4, -0.2) is 13.1 Å². The number of nitrogen functional groups attached to an aromatic ring is 1. The number of carbonyl (C=O) groups is 1. The SMILES string of the molecule is CC.COC(=O)Cc1ccc(-c2ccc(N)c(Cl)c2)cc1. The second kappa shape index (κ2) is 8.32. The number of esters is 1. The molecule has 0 fully saturated rings. The summed E-state index contributed by atoms with van der Waals surface area (Å²) in [5.74, 6) is -0.247. The van der Waals surface area contributed by atoms with Crippen molar-refractivity contribution in [2.24, 2.45) is 0 Å². The van der Waals surface area contributed by atoms with Crippen molar-refractivity contribution in [2.45, 2.75) is 20.3 Å². The van der Waals surface area contributed by atoms with E-state index in [1.165, 1.54) is 7.11 Å². The fraction of sp³-hybridized carbons (Fsp3) is 0.235. The first-order chi connectivity index (χ1) is 10.1. The van der Waals surface area contributed by atoms with E-state index in [9.17, 15) is 4.79 Å². The lowest BCUT2D eigenvalue weighted by Crippen LogP contribution is -2.04. The molecule has 112 valence electrons. The van der Waals surface area contributed by atoms with Gasteiger partial charge in [-0.1, -0.05) is 55.8 Å². The molecule has 0 aliphatic carbocycles. The first kappa shape index (κ1) is 17.1. The number of anilines is 1. The molecular weight excluding hydrogens is 286 g/mol. The molecule has 0 spiro atoms. The van der Waals surface area contributed by atoms with Gasteiger partial charge in [0.2, 0.25) is 0 Å². The summed E-state index contributed by atoms with van der Waals surface area (Å²) < 4.78 is 4.63. The standard InChI is InChI=1S/C15H14ClNO2.C2H6/c1-19-15(18)8-10-2-4-11(5-3-10)12-6-7-14(17)13(16)9-12;1-2/h2-7,9H,8,17H2,1H3;1-2H3. The van der Waals surface area contributed by atoms with Crippen molar-refractivity contribution in [3.63, 3.8) is 0 Å². The third-order valence-corrected chi connectivity index (χ3v) is 3.19. The molecule has 2 aromatic rings. The van der Waals surface area contributed by atoms with Crippen molar-refractivity contribution in [2.75, 3.05) is 12.8 Å². The van der Waals surface area contributed by atoms with Crippen LogP contribution in [0.15, 0.2) is 42.5 Å². The van der Waals surface area contributed by atoms with Crippen LogP contribution in [0.25, 0.3) is 11.1 Å². The predicted molar refractivity (Wildman–Crippen MR) is 88.4 cm³/mol. The summed E-state index contributed by atoms with van der Waals surface area (Å²) in [5, 5.41) is 0.538. The number of methoxy groups -OCH3 is 1. The number of rotatable bonds is 3. The van der Waals surface area contributed by atoms with Crippen molar-refractivity contribution in [3.8, 4) is 11.1 Å². The first-order valence-electron chi connectivity index (χ1n) is 6.81. The average Bonchev–Trinajstić information content (AvgIpc) is 2.52. The van der Waals surface area contributed by atoms with Crippen LogP contribution in [-0.2, 0) is 16.0 Å². The Labute approximate surface area is 130 Å². The molecule has 0 saturated heterocycles. The topological polar surface area (TPSA) is 52.3 Å². The zero-order valence-corrected chi connectivity index (χ0v) is 13.3. The summed E-state index contributed by atoms with van der Waals surface area (Å²) in [4.78, 5) is 11.2. The Morgan fingerprint density at radius 3 is 2.19 bits per heavy atom. The van der Waals surface area contributed by atoms with Crippen LogP contribution < -0.4 is 5.73 Å². The molecule has 3 nitrogen and oxygen atoms in total. The van der Waals surface area contributed by atoms with E-state index in [1.807, 2.05) is 50.2 Å². The summed E-state index contributed by atoms with van der Waals surface area (Å²) in [6.45, 7) is 4.00. The Morgan fingerprint density at radius 1 is 1.10 bits per heavy atom. The molecule has 0 atom stereocenters. The van der Waals surface area contributed by atoms with Crippen molar-refractivity contribution in [1.82, 2.24) is 0 Å². The number of ether oxygens (including phenoxy) is 1. The van der Waals surface area contributed by atoms with Crippen LogP contribution in [0, 0.1) is 0 Å². The Bertz CT molecular complexity index is 594. The lowest BCUT2D eigenvalue weighted by Gasteiger charge is -2.06. The molecule has 2 rings (SSSR count). The van der Waals surface area contributed by atoms with E-state index < -0.39 is 0 Å². The first-order valence-corrected chi connectivity index (χ1v) is 7.19. The highest BCUT2D eigenvalue weighted by Gasteiger charge is 2.04. The zero-order valence-electron chi connectivity index (χ0n) is 12.5. The van der Waals surface area contributed by atoms with E-state index in [0.717, 1.165) is 16.7 Å². The highest BCUT2D eigenvalue weighted by Crippen LogP contribution is 2.27. The second-order valence-electron chi connectivity index (χ2n) is 4.19. The van der Waals surface area contributed by atoms with E-state index in [0.29, 0.717) is 10.7 Å².